The van der Waals surface area contributed by atoms with Gasteiger partial charge in [0, 0.05) is 18.2 Å². The van der Waals surface area contributed by atoms with Gasteiger partial charge in [-0.05, 0) is 42.2 Å². The maximum atomic E-state index is 13.2. The van der Waals surface area contributed by atoms with Crippen molar-refractivity contribution in [3.05, 3.63) is 65.2 Å². The van der Waals surface area contributed by atoms with Gasteiger partial charge in [-0.2, -0.15) is 0 Å². The number of sulfone groups is 1. The van der Waals surface area contributed by atoms with E-state index in [-0.39, 0.29) is 23.5 Å². The average molecular weight is 388 g/mol. The van der Waals surface area contributed by atoms with Crippen LogP contribution in [-0.2, 0) is 22.8 Å². The van der Waals surface area contributed by atoms with E-state index in [0.717, 1.165) is 12.0 Å². The maximum Gasteiger partial charge on any atom is 0.254 e. The lowest BCUT2D eigenvalue weighted by Gasteiger charge is -2.29. The molecule has 5 nitrogen and oxygen atoms in total. The zero-order valence-corrected chi connectivity index (χ0v) is 16.5. The van der Waals surface area contributed by atoms with Crippen LogP contribution >= 0.6 is 0 Å². The minimum Gasteiger partial charge on any atom is -0.497 e. The SMILES string of the molecule is CCc1ccc(CN(C(=O)c2cccc(OC)c2)[C@@H]2CCS(=O)(=O)C2)cc1. The average Bonchev–Trinajstić information content (AvgIpc) is 3.05. The first-order valence-electron chi connectivity index (χ1n) is 9.15. The second-order valence-corrected chi connectivity index (χ2v) is 9.12. The number of amides is 1. The van der Waals surface area contributed by atoms with Crippen molar-refractivity contribution in [2.24, 2.45) is 0 Å². The number of hydrogen-bond acceptors (Lipinski definition) is 4. The molecule has 0 N–H and O–H groups in total. The highest BCUT2D eigenvalue weighted by molar-refractivity contribution is 7.91. The quantitative estimate of drug-likeness (QED) is 0.764. The van der Waals surface area contributed by atoms with Gasteiger partial charge in [0.2, 0.25) is 0 Å². The molecule has 1 heterocycles. The Hall–Kier alpha value is -2.34. The molecule has 27 heavy (non-hydrogen) atoms. The maximum absolute atomic E-state index is 13.2. The molecular weight excluding hydrogens is 362 g/mol. The van der Waals surface area contributed by atoms with Crippen LogP contribution in [0.2, 0.25) is 0 Å². The third-order valence-corrected chi connectivity index (χ3v) is 6.76. The molecule has 1 saturated heterocycles. The molecule has 1 amide bonds. The molecule has 3 rings (SSSR count). The Morgan fingerprint density at radius 1 is 1.15 bits per heavy atom. The van der Waals surface area contributed by atoms with E-state index < -0.39 is 9.84 Å². The lowest BCUT2D eigenvalue weighted by atomic mass is 10.1. The fourth-order valence-electron chi connectivity index (χ4n) is 3.39. The Morgan fingerprint density at radius 2 is 1.85 bits per heavy atom. The summed E-state index contributed by atoms with van der Waals surface area (Å²) in [4.78, 5) is 14.9. The standard InChI is InChI=1S/C21H25NO4S/c1-3-16-7-9-17(10-8-16)14-22(19-11-12-27(24,25)15-19)21(23)18-5-4-6-20(13-18)26-2/h4-10,13,19H,3,11-12,14-15H2,1-2H3/t19-/m1/s1. The van der Waals surface area contributed by atoms with E-state index in [1.807, 2.05) is 12.1 Å². The first-order valence-corrected chi connectivity index (χ1v) is 11.0. The molecule has 0 saturated carbocycles. The molecule has 0 aliphatic carbocycles. The van der Waals surface area contributed by atoms with Crippen LogP contribution < -0.4 is 4.74 Å². The number of rotatable bonds is 6. The summed E-state index contributed by atoms with van der Waals surface area (Å²) >= 11 is 0. The van der Waals surface area contributed by atoms with E-state index in [9.17, 15) is 13.2 Å². The monoisotopic (exact) mass is 387 g/mol. The molecule has 0 aromatic heterocycles. The molecule has 1 fully saturated rings. The lowest BCUT2D eigenvalue weighted by Crippen LogP contribution is -2.40. The summed E-state index contributed by atoms with van der Waals surface area (Å²) in [7, 11) is -1.53. The lowest BCUT2D eigenvalue weighted by molar-refractivity contribution is 0.0680. The molecule has 0 unspecified atom stereocenters. The number of hydrogen-bond donors (Lipinski definition) is 0. The Balaban J connectivity index is 1.89. The summed E-state index contributed by atoms with van der Waals surface area (Å²) in [6, 6.07) is 14.8. The fourth-order valence-corrected chi connectivity index (χ4v) is 5.12. The first-order chi connectivity index (χ1) is 12.9. The van der Waals surface area contributed by atoms with Crippen molar-refractivity contribution in [2.45, 2.75) is 32.4 Å². The van der Waals surface area contributed by atoms with Gasteiger partial charge in [-0.15, -0.1) is 0 Å². The van der Waals surface area contributed by atoms with Crippen molar-refractivity contribution in [1.29, 1.82) is 0 Å². The number of methoxy groups -OCH3 is 1. The van der Waals surface area contributed by atoms with E-state index in [2.05, 4.69) is 19.1 Å². The third kappa shape index (κ3) is 4.69. The molecule has 1 aliphatic rings. The van der Waals surface area contributed by atoms with E-state index in [4.69, 9.17) is 4.74 Å². The predicted molar refractivity (Wildman–Crippen MR) is 106 cm³/mol. The van der Waals surface area contributed by atoms with Gasteiger partial charge >= 0.3 is 0 Å². The second-order valence-electron chi connectivity index (χ2n) is 6.89. The molecule has 2 aromatic rings. The number of carbonyl (C=O) groups is 1. The number of carbonyl (C=O) groups excluding carboxylic acids is 1. The Kier molecular flexibility index (Phi) is 5.85. The van der Waals surface area contributed by atoms with Gasteiger partial charge in [0.25, 0.3) is 5.91 Å². The topological polar surface area (TPSA) is 63.7 Å². The zero-order chi connectivity index (χ0) is 19.4. The van der Waals surface area contributed by atoms with Crippen molar-refractivity contribution in [1.82, 2.24) is 4.90 Å². The van der Waals surface area contributed by atoms with E-state index in [1.54, 1.807) is 36.3 Å². The van der Waals surface area contributed by atoms with Gasteiger partial charge < -0.3 is 9.64 Å². The summed E-state index contributed by atoms with van der Waals surface area (Å²) < 4.78 is 29.2. The molecular formula is C21H25NO4S. The van der Waals surface area contributed by atoms with Crippen molar-refractivity contribution in [3.63, 3.8) is 0 Å². The van der Waals surface area contributed by atoms with Crippen molar-refractivity contribution < 1.29 is 17.9 Å². The van der Waals surface area contributed by atoms with Crippen LogP contribution in [0.5, 0.6) is 5.75 Å². The van der Waals surface area contributed by atoms with Crippen molar-refractivity contribution >= 4 is 15.7 Å². The molecule has 144 valence electrons. The number of nitrogens with zero attached hydrogens (tertiary/aromatic N) is 1. The fraction of sp³-hybridized carbons (Fsp3) is 0.381. The molecule has 6 heteroatoms. The third-order valence-electron chi connectivity index (χ3n) is 5.01. The summed E-state index contributed by atoms with van der Waals surface area (Å²) in [5.74, 6) is 0.590. The highest BCUT2D eigenvalue weighted by Crippen LogP contribution is 2.24. The van der Waals surface area contributed by atoms with E-state index >= 15 is 0 Å². The van der Waals surface area contributed by atoms with Crippen molar-refractivity contribution in [3.8, 4) is 5.75 Å². The van der Waals surface area contributed by atoms with Crippen molar-refractivity contribution in [2.75, 3.05) is 18.6 Å². The zero-order valence-electron chi connectivity index (χ0n) is 15.7. The highest BCUT2D eigenvalue weighted by atomic mass is 32.2. The molecule has 0 spiro atoms. The van der Waals surface area contributed by atoms with Crippen LogP contribution in [0.3, 0.4) is 0 Å². The smallest absolute Gasteiger partial charge is 0.254 e. The van der Waals surface area contributed by atoms with E-state index in [1.165, 1.54) is 5.56 Å². The van der Waals surface area contributed by atoms with Crippen LogP contribution in [-0.4, -0.2) is 43.9 Å². The number of benzene rings is 2. The van der Waals surface area contributed by atoms with Gasteiger partial charge in [0.15, 0.2) is 9.84 Å². The summed E-state index contributed by atoms with van der Waals surface area (Å²) in [6.45, 7) is 2.48. The minimum absolute atomic E-state index is 0.0236. The second kappa shape index (κ2) is 8.13. The minimum atomic E-state index is -3.09. The highest BCUT2D eigenvalue weighted by Gasteiger charge is 2.35. The first kappa shape index (κ1) is 19.4. The predicted octanol–water partition coefficient (Wildman–Crippen LogP) is 3.09. The van der Waals surface area contributed by atoms with Crippen LogP contribution in [0.25, 0.3) is 0 Å². The number of ether oxygens (including phenoxy) is 1. The molecule has 1 atom stereocenters. The summed E-state index contributed by atoms with van der Waals surface area (Å²) in [5, 5.41) is 0. The van der Waals surface area contributed by atoms with Gasteiger partial charge in [0.1, 0.15) is 5.75 Å². The van der Waals surface area contributed by atoms with Crippen LogP contribution in [0.4, 0.5) is 0 Å². The Bertz CT molecular complexity index is 906. The van der Waals surface area contributed by atoms with Crippen LogP contribution in [0.1, 0.15) is 34.8 Å². The van der Waals surface area contributed by atoms with Crippen LogP contribution in [0, 0.1) is 0 Å². The van der Waals surface area contributed by atoms with Gasteiger partial charge in [-0.1, -0.05) is 37.3 Å². The molecule has 0 bridgehead atoms. The molecule has 0 radical (unpaired) electrons. The molecule has 2 aromatic carbocycles. The van der Waals surface area contributed by atoms with E-state index in [0.29, 0.717) is 24.3 Å². The Labute approximate surface area is 160 Å². The number of aryl methyl sites for hydroxylation is 1. The summed E-state index contributed by atoms with van der Waals surface area (Å²) in [5.41, 5.74) is 2.73. The van der Waals surface area contributed by atoms with Gasteiger partial charge in [0.05, 0.1) is 18.6 Å². The van der Waals surface area contributed by atoms with Gasteiger partial charge in [-0.25, -0.2) is 8.42 Å². The van der Waals surface area contributed by atoms with Gasteiger partial charge in [-0.3, -0.25) is 4.79 Å². The largest absolute Gasteiger partial charge is 0.497 e. The molecule has 1 aliphatic heterocycles. The van der Waals surface area contributed by atoms with Crippen LogP contribution in [0.15, 0.2) is 48.5 Å². The summed E-state index contributed by atoms with van der Waals surface area (Å²) in [6.07, 6.45) is 1.43. The normalized spacial score (nSPS) is 18.2. The Morgan fingerprint density at radius 3 is 2.44 bits per heavy atom.